The molecular weight excluding hydrogens is 530 g/mol. The van der Waals surface area contributed by atoms with Crippen molar-refractivity contribution in [1.82, 2.24) is 25.1 Å². The highest BCUT2D eigenvalue weighted by molar-refractivity contribution is 7.51. The van der Waals surface area contributed by atoms with E-state index in [0.29, 0.717) is 23.7 Å². The number of hydrogen-bond acceptors (Lipinski definition) is 7. The van der Waals surface area contributed by atoms with Crippen LogP contribution in [0.1, 0.15) is 28.4 Å². The van der Waals surface area contributed by atoms with Crippen LogP contribution in [0.25, 0.3) is 5.65 Å². The van der Waals surface area contributed by atoms with E-state index < -0.39 is 49.4 Å². The fraction of sp³-hybridized carbons (Fsp3) is 0.391. The van der Waals surface area contributed by atoms with Gasteiger partial charge in [-0.25, -0.2) is 9.88 Å². The smallest absolute Gasteiger partial charge is 0.380 e. The molecule has 0 radical (unpaired) electrons. The summed E-state index contributed by atoms with van der Waals surface area (Å²) in [7, 11) is -3.77. The molecule has 1 aliphatic heterocycles. The average Bonchev–Trinajstić information content (AvgIpc) is 3.42. The van der Waals surface area contributed by atoms with Crippen LogP contribution in [-0.2, 0) is 15.2 Å². The SMILES string of the molecule is Cc1ccn2ccnc2c1C(=O)NC1(c2ccccc2)NOC(C(CP(=O)(O)O)[C@@](C)(O)C(F)(F)F)N1C. The Balaban J connectivity index is 1.80. The van der Waals surface area contributed by atoms with Gasteiger partial charge in [0.2, 0.25) is 0 Å². The van der Waals surface area contributed by atoms with Crippen molar-refractivity contribution in [2.75, 3.05) is 13.2 Å². The highest BCUT2D eigenvalue weighted by atomic mass is 31.2. The fourth-order valence-electron chi connectivity index (χ4n) is 4.57. The van der Waals surface area contributed by atoms with E-state index in [1.54, 1.807) is 60.1 Å². The van der Waals surface area contributed by atoms with E-state index >= 15 is 0 Å². The molecule has 1 amide bonds. The Kier molecular flexibility index (Phi) is 7.21. The zero-order chi connectivity index (χ0) is 28.1. The third-order valence-corrected chi connectivity index (χ3v) is 7.67. The number of rotatable bonds is 7. The quantitative estimate of drug-likeness (QED) is 0.275. The summed E-state index contributed by atoms with van der Waals surface area (Å²) in [5.74, 6) is -4.62. The van der Waals surface area contributed by atoms with Gasteiger partial charge in [0.15, 0.2) is 11.4 Å². The second kappa shape index (κ2) is 9.72. The molecule has 4 rings (SSSR count). The topological polar surface area (TPSA) is 149 Å². The molecule has 38 heavy (non-hydrogen) atoms. The maximum atomic E-state index is 13.9. The molecule has 4 atom stereocenters. The van der Waals surface area contributed by atoms with Crippen molar-refractivity contribution in [3.05, 3.63) is 71.7 Å². The third-order valence-electron chi connectivity index (χ3n) is 6.80. The van der Waals surface area contributed by atoms with Crippen LogP contribution < -0.4 is 10.8 Å². The Morgan fingerprint density at radius 2 is 1.92 bits per heavy atom. The molecule has 1 saturated heterocycles. The normalized spacial score (nSPS) is 23.3. The lowest BCUT2D eigenvalue weighted by molar-refractivity contribution is -0.285. The number of benzene rings is 1. The summed E-state index contributed by atoms with van der Waals surface area (Å²) in [6.07, 6.45) is -3.49. The number of hydroxylamine groups is 1. The number of hydrogen-bond donors (Lipinski definition) is 5. The van der Waals surface area contributed by atoms with Gasteiger partial charge >= 0.3 is 13.8 Å². The molecule has 3 unspecified atom stereocenters. The van der Waals surface area contributed by atoms with Crippen LogP contribution in [-0.4, -0.2) is 66.3 Å². The molecule has 1 fully saturated rings. The van der Waals surface area contributed by atoms with E-state index in [2.05, 4.69) is 15.8 Å². The number of aromatic nitrogens is 2. The number of carbonyl (C=O) groups excluding carboxylic acids is 1. The molecule has 0 saturated carbocycles. The number of fused-ring (bicyclic) bond motifs is 1. The first-order valence-electron chi connectivity index (χ1n) is 11.4. The Bertz CT molecular complexity index is 1380. The lowest BCUT2D eigenvalue weighted by Gasteiger charge is -2.42. The summed E-state index contributed by atoms with van der Waals surface area (Å²) in [5.41, 5.74) is 0.451. The Morgan fingerprint density at radius 1 is 1.26 bits per heavy atom. The highest BCUT2D eigenvalue weighted by Gasteiger charge is 2.62. The van der Waals surface area contributed by atoms with Crippen molar-refractivity contribution < 1.29 is 42.3 Å². The van der Waals surface area contributed by atoms with Crippen LogP contribution in [0.3, 0.4) is 0 Å². The average molecular weight is 557 g/mol. The molecule has 3 aromatic rings. The number of aliphatic hydroxyl groups is 1. The number of imidazole rings is 1. The van der Waals surface area contributed by atoms with Crippen molar-refractivity contribution in [3.8, 4) is 0 Å². The minimum atomic E-state index is -5.26. The number of nitrogens with zero attached hydrogens (tertiary/aromatic N) is 3. The van der Waals surface area contributed by atoms with Crippen molar-refractivity contribution in [1.29, 1.82) is 0 Å². The highest BCUT2D eigenvalue weighted by Crippen LogP contribution is 2.48. The molecule has 3 heterocycles. The molecule has 0 aliphatic carbocycles. The Hall–Kier alpha value is -2.84. The molecular formula is C23H27F3N5O6P. The van der Waals surface area contributed by atoms with Gasteiger partial charge in [-0.2, -0.15) is 18.7 Å². The van der Waals surface area contributed by atoms with E-state index in [-0.39, 0.29) is 5.56 Å². The number of amides is 1. The van der Waals surface area contributed by atoms with E-state index in [9.17, 15) is 37.4 Å². The first kappa shape index (κ1) is 28.2. The van der Waals surface area contributed by atoms with Crippen molar-refractivity contribution >= 4 is 19.2 Å². The summed E-state index contributed by atoms with van der Waals surface area (Å²) in [6.45, 7) is 2.12. The summed E-state index contributed by atoms with van der Waals surface area (Å²) >= 11 is 0. The number of aryl methyl sites for hydroxylation is 1. The van der Waals surface area contributed by atoms with Gasteiger partial charge in [-0.1, -0.05) is 30.3 Å². The summed E-state index contributed by atoms with van der Waals surface area (Å²) in [4.78, 5) is 43.7. The van der Waals surface area contributed by atoms with Gasteiger partial charge in [0.05, 0.1) is 11.7 Å². The molecule has 206 valence electrons. The molecule has 0 bridgehead atoms. The molecule has 1 aromatic carbocycles. The maximum absolute atomic E-state index is 13.9. The summed E-state index contributed by atoms with van der Waals surface area (Å²) in [5, 5.41) is 13.3. The molecule has 2 aromatic heterocycles. The van der Waals surface area contributed by atoms with E-state index in [0.717, 1.165) is 4.90 Å². The van der Waals surface area contributed by atoms with Crippen LogP contribution >= 0.6 is 7.60 Å². The van der Waals surface area contributed by atoms with Crippen LogP contribution in [0.2, 0.25) is 0 Å². The van der Waals surface area contributed by atoms with E-state index in [1.165, 1.54) is 13.2 Å². The van der Waals surface area contributed by atoms with Crippen LogP contribution in [0.15, 0.2) is 55.0 Å². The van der Waals surface area contributed by atoms with E-state index in [1.807, 2.05) is 0 Å². The van der Waals surface area contributed by atoms with Gasteiger partial charge < -0.3 is 24.6 Å². The van der Waals surface area contributed by atoms with E-state index in [4.69, 9.17) is 4.84 Å². The Morgan fingerprint density at radius 3 is 2.53 bits per heavy atom. The second-order valence-corrected chi connectivity index (χ2v) is 11.1. The maximum Gasteiger partial charge on any atom is 0.417 e. The van der Waals surface area contributed by atoms with Gasteiger partial charge in [-0.15, -0.1) is 0 Å². The van der Waals surface area contributed by atoms with Crippen LogP contribution in [0.5, 0.6) is 0 Å². The predicted octanol–water partition coefficient (Wildman–Crippen LogP) is 2.08. The number of nitrogens with one attached hydrogen (secondary N) is 2. The number of pyridine rings is 1. The number of carbonyl (C=O) groups is 1. The summed E-state index contributed by atoms with van der Waals surface area (Å²) in [6, 6.07) is 9.81. The molecule has 5 N–H and O–H groups in total. The molecule has 0 spiro atoms. The Labute approximate surface area is 215 Å². The van der Waals surface area contributed by atoms with Crippen LogP contribution in [0.4, 0.5) is 13.2 Å². The van der Waals surface area contributed by atoms with Gasteiger partial charge in [0.1, 0.15) is 11.9 Å². The van der Waals surface area contributed by atoms with Crippen molar-refractivity contribution in [3.63, 3.8) is 0 Å². The van der Waals surface area contributed by atoms with Crippen molar-refractivity contribution in [2.24, 2.45) is 5.92 Å². The van der Waals surface area contributed by atoms with Gasteiger partial charge in [0.25, 0.3) is 5.91 Å². The standard InChI is InChI=1S/C23H27F3N5O6P/c1-14-9-11-31-12-10-27-18(31)17(14)19(32)28-22(15-7-5-4-6-8-15)29-37-20(30(22)3)16(13-38(34,35)36)21(2,33)23(24,25)26/h4-12,16,20,29,33H,13H2,1-3H3,(H,28,32)(H2,34,35,36)/t16?,20?,21-,22?/m1/s1. The molecule has 11 nitrogen and oxygen atoms in total. The monoisotopic (exact) mass is 557 g/mol. The zero-order valence-corrected chi connectivity index (χ0v) is 21.4. The predicted molar refractivity (Wildman–Crippen MR) is 128 cm³/mol. The molecule has 1 aliphatic rings. The first-order chi connectivity index (χ1) is 17.6. The second-order valence-electron chi connectivity index (χ2n) is 9.38. The number of alkyl halides is 3. The molecule has 15 heteroatoms. The first-order valence-corrected chi connectivity index (χ1v) is 13.2. The summed E-state index contributed by atoms with van der Waals surface area (Å²) < 4.78 is 55.1. The van der Waals surface area contributed by atoms with Gasteiger partial charge in [-0.3, -0.25) is 14.2 Å². The van der Waals surface area contributed by atoms with Crippen molar-refractivity contribution in [2.45, 2.75) is 37.6 Å². The third kappa shape index (κ3) is 4.96. The fourth-order valence-corrected chi connectivity index (χ4v) is 5.61. The van der Waals surface area contributed by atoms with Gasteiger partial charge in [0, 0.05) is 30.1 Å². The largest absolute Gasteiger partial charge is 0.417 e. The zero-order valence-electron chi connectivity index (χ0n) is 20.5. The van der Waals surface area contributed by atoms with Gasteiger partial charge in [-0.05, 0) is 32.5 Å². The van der Waals surface area contributed by atoms with Crippen LogP contribution in [0, 0.1) is 12.8 Å². The minimum Gasteiger partial charge on any atom is -0.380 e. The lowest BCUT2D eigenvalue weighted by atomic mass is 9.87. The minimum absolute atomic E-state index is 0.195. The number of halogens is 3. The lowest BCUT2D eigenvalue weighted by Crippen LogP contribution is -2.63.